The molecule has 0 radical (unpaired) electrons. The molecule has 0 amide bonds. The molecule has 2 aliphatic rings. The summed E-state index contributed by atoms with van der Waals surface area (Å²) in [5.74, 6) is 0. The first kappa shape index (κ1) is 12.6. The lowest BCUT2D eigenvalue weighted by Crippen LogP contribution is -2.31. The molecule has 2 heterocycles. The lowest BCUT2D eigenvalue weighted by molar-refractivity contribution is 0.130. The topological polar surface area (TPSA) is 36.4 Å². The van der Waals surface area contributed by atoms with Crippen molar-refractivity contribution in [2.24, 2.45) is 0 Å². The van der Waals surface area contributed by atoms with Gasteiger partial charge in [0.1, 0.15) is 5.01 Å². The van der Waals surface area contributed by atoms with E-state index in [0.717, 1.165) is 13.0 Å². The first-order valence-electron chi connectivity index (χ1n) is 7.12. The van der Waals surface area contributed by atoms with E-state index < -0.39 is 0 Å². The Kier molecular flexibility index (Phi) is 3.68. The third kappa shape index (κ3) is 2.60. The molecule has 0 saturated carbocycles. The second-order valence-electron chi connectivity index (χ2n) is 5.68. The van der Waals surface area contributed by atoms with Gasteiger partial charge >= 0.3 is 0 Å². The molecule has 1 aromatic heterocycles. The van der Waals surface area contributed by atoms with E-state index >= 15 is 0 Å². The highest BCUT2D eigenvalue weighted by atomic mass is 32.1. The lowest BCUT2D eigenvalue weighted by atomic mass is 10.1. The van der Waals surface area contributed by atoms with Crippen molar-refractivity contribution in [2.45, 2.75) is 64.1 Å². The van der Waals surface area contributed by atoms with Gasteiger partial charge in [-0.15, -0.1) is 11.3 Å². The molecular weight excluding hydrogens is 244 g/mol. The third-order valence-corrected chi connectivity index (χ3v) is 5.23. The number of nitrogens with zero attached hydrogens (tertiary/aromatic N) is 2. The van der Waals surface area contributed by atoms with Gasteiger partial charge < -0.3 is 5.11 Å². The van der Waals surface area contributed by atoms with Crippen LogP contribution >= 0.6 is 11.3 Å². The fraction of sp³-hybridized carbons (Fsp3) is 0.786. The fourth-order valence-corrected chi connectivity index (χ4v) is 4.43. The zero-order chi connectivity index (χ0) is 12.5. The second kappa shape index (κ2) is 5.27. The third-order valence-electron chi connectivity index (χ3n) is 4.09. The summed E-state index contributed by atoms with van der Waals surface area (Å²) in [7, 11) is 0. The van der Waals surface area contributed by atoms with E-state index in [-0.39, 0.29) is 6.10 Å². The SMILES string of the molecule is CC(O)CC1CCCN1Cc1nc2c(s1)CCC2. The molecule has 1 aliphatic heterocycles. The molecule has 1 aliphatic carbocycles. The van der Waals surface area contributed by atoms with Gasteiger partial charge in [-0.3, -0.25) is 4.90 Å². The van der Waals surface area contributed by atoms with Crippen LogP contribution in [-0.4, -0.2) is 33.7 Å². The van der Waals surface area contributed by atoms with Gasteiger partial charge in [0, 0.05) is 10.9 Å². The van der Waals surface area contributed by atoms with Crippen LogP contribution in [0.15, 0.2) is 0 Å². The average molecular weight is 266 g/mol. The summed E-state index contributed by atoms with van der Waals surface area (Å²) in [4.78, 5) is 8.82. The second-order valence-corrected chi connectivity index (χ2v) is 6.85. The van der Waals surface area contributed by atoms with E-state index in [1.807, 2.05) is 18.3 Å². The molecule has 2 atom stereocenters. The zero-order valence-electron chi connectivity index (χ0n) is 11.1. The van der Waals surface area contributed by atoms with Gasteiger partial charge in [-0.25, -0.2) is 4.98 Å². The number of aryl methyl sites for hydroxylation is 2. The van der Waals surface area contributed by atoms with Gasteiger partial charge in [-0.1, -0.05) is 0 Å². The van der Waals surface area contributed by atoms with E-state index in [9.17, 15) is 5.11 Å². The standard InChI is InChI=1S/C14H22N2OS/c1-10(17)8-11-4-3-7-16(11)9-14-15-12-5-2-6-13(12)18-14/h10-11,17H,2-9H2,1H3. The Morgan fingerprint density at radius 2 is 2.33 bits per heavy atom. The Labute approximate surface area is 113 Å². The first-order chi connectivity index (χ1) is 8.72. The summed E-state index contributed by atoms with van der Waals surface area (Å²) in [5.41, 5.74) is 1.36. The average Bonchev–Trinajstić information content (AvgIpc) is 2.94. The number of rotatable bonds is 4. The van der Waals surface area contributed by atoms with Crippen molar-refractivity contribution in [2.75, 3.05) is 6.54 Å². The number of aliphatic hydroxyl groups excluding tert-OH is 1. The van der Waals surface area contributed by atoms with Crippen LogP contribution in [0, 0.1) is 0 Å². The molecule has 4 heteroatoms. The van der Waals surface area contributed by atoms with Crippen LogP contribution in [0.25, 0.3) is 0 Å². The fourth-order valence-electron chi connectivity index (χ4n) is 3.25. The van der Waals surface area contributed by atoms with E-state index in [0.29, 0.717) is 6.04 Å². The predicted molar refractivity (Wildman–Crippen MR) is 73.9 cm³/mol. The van der Waals surface area contributed by atoms with Crippen molar-refractivity contribution < 1.29 is 5.11 Å². The normalized spacial score (nSPS) is 25.6. The van der Waals surface area contributed by atoms with Crippen molar-refractivity contribution in [3.05, 3.63) is 15.6 Å². The summed E-state index contributed by atoms with van der Waals surface area (Å²) < 4.78 is 0. The molecule has 0 spiro atoms. The molecule has 1 N–H and O–H groups in total. The Hall–Kier alpha value is -0.450. The minimum absolute atomic E-state index is 0.183. The number of fused-ring (bicyclic) bond motifs is 1. The maximum atomic E-state index is 9.55. The minimum atomic E-state index is -0.183. The molecule has 0 bridgehead atoms. The highest BCUT2D eigenvalue weighted by Gasteiger charge is 2.27. The highest BCUT2D eigenvalue weighted by molar-refractivity contribution is 7.11. The molecule has 1 saturated heterocycles. The van der Waals surface area contributed by atoms with Gasteiger partial charge in [0.2, 0.25) is 0 Å². The largest absolute Gasteiger partial charge is 0.393 e. The Bertz CT molecular complexity index is 394. The van der Waals surface area contributed by atoms with Gasteiger partial charge in [0.15, 0.2) is 0 Å². The minimum Gasteiger partial charge on any atom is -0.393 e. The lowest BCUT2D eigenvalue weighted by Gasteiger charge is -2.24. The van der Waals surface area contributed by atoms with Gasteiger partial charge in [0.05, 0.1) is 18.3 Å². The Balaban J connectivity index is 1.64. The van der Waals surface area contributed by atoms with Crippen LogP contribution in [0.1, 0.15) is 48.2 Å². The van der Waals surface area contributed by atoms with E-state index in [1.54, 1.807) is 0 Å². The molecular formula is C14H22N2OS. The van der Waals surface area contributed by atoms with Crippen LogP contribution in [0.2, 0.25) is 0 Å². The van der Waals surface area contributed by atoms with Crippen LogP contribution in [0.3, 0.4) is 0 Å². The molecule has 100 valence electrons. The van der Waals surface area contributed by atoms with Crippen molar-refractivity contribution >= 4 is 11.3 Å². The molecule has 1 fully saturated rings. The predicted octanol–water partition coefficient (Wildman–Crippen LogP) is 2.37. The van der Waals surface area contributed by atoms with E-state index in [1.165, 1.54) is 54.2 Å². The molecule has 3 rings (SSSR count). The monoisotopic (exact) mass is 266 g/mol. The van der Waals surface area contributed by atoms with Crippen LogP contribution in [0.5, 0.6) is 0 Å². The quantitative estimate of drug-likeness (QED) is 0.909. The molecule has 18 heavy (non-hydrogen) atoms. The van der Waals surface area contributed by atoms with Crippen LogP contribution in [0.4, 0.5) is 0 Å². The number of aromatic nitrogens is 1. The maximum absolute atomic E-state index is 9.55. The summed E-state index contributed by atoms with van der Waals surface area (Å²) >= 11 is 1.91. The Morgan fingerprint density at radius 3 is 3.11 bits per heavy atom. The molecule has 3 nitrogen and oxygen atoms in total. The molecule has 2 unspecified atom stereocenters. The van der Waals surface area contributed by atoms with Crippen LogP contribution in [-0.2, 0) is 19.4 Å². The number of hydrogen-bond acceptors (Lipinski definition) is 4. The van der Waals surface area contributed by atoms with Crippen molar-refractivity contribution in [3.63, 3.8) is 0 Å². The van der Waals surface area contributed by atoms with Crippen LogP contribution < -0.4 is 0 Å². The van der Waals surface area contributed by atoms with Gasteiger partial charge in [-0.2, -0.15) is 0 Å². The number of hydrogen-bond donors (Lipinski definition) is 1. The first-order valence-corrected chi connectivity index (χ1v) is 7.93. The van der Waals surface area contributed by atoms with Crippen molar-refractivity contribution in [1.29, 1.82) is 0 Å². The number of aliphatic hydroxyl groups is 1. The summed E-state index contributed by atoms with van der Waals surface area (Å²) in [6.07, 6.45) is 6.94. The van der Waals surface area contributed by atoms with Gasteiger partial charge in [-0.05, 0) is 52.0 Å². The summed E-state index contributed by atoms with van der Waals surface area (Å²) in [5, 5.41) is 10.8. The Morgan fingerprint density at radius 1 is 1.44 bits per heavy atom. The summed E-state index contributed by atoms with van der Waals surface area (Å²) in [6, 6.07) is 0.559. The maximum Gasteiger partial charge on any atom is 0.107 e. The zero-order valence-corrected chi connectivity index (χ0v) is 11.9. The van der Waals surface area contributed by atoms with Crippen molar-refractivity contribution in [1.82, 2.24) is 9.88 Å². The molecule has 1 aromatic rings. The summed E-state index contributed by atoms with van der Waals surface area (Å²) in [6.45, 7) is 4.06. The van der Waals surface area contributed by atoms with E-state index in [2.05, 4.69) is 4.90 Å². The highest BCUT2D eigenvalue weighted by Crippen LogP contribution is 2.30. The van der Waals surface area contributed by atoms with Crippen molar-refractivity contribution in [3.8, 4) is 0 Å². The molecule has 0 aromatic carbocycles. The van der Waals surface area contributed by atoms with E-state index in [4.69, 9.17) is 4.98 Å². The number of likely N-dealkylation sites (tertiary alicyclic amines) is 1. The smallest absolute Gasteiger partial charge is 0.107 e. The number of thiazole rings is 1. The van der Waals surface area contributed by atoms with Gasteiger partial charge in [0.25, 0.3) is 0 Å².